The molecule has 3 rings (SSSR count). The van der Waals surface area contributed by atoms with Crippen molar-refractivity contribution in [3.63, 3.8) is 0 Å². The first kappa shape index (κ1) is 17.0. The number of rotatable bonds is 6. The van der Waals surface area contributed by atoms with Crippen molar-refractivity contribution < 1.29 is 9.53 Å². The van der Waals surface area contributed by atoms with Gasteiger partial charge in [-0.1, -0.05) is 44.2 Å². The molecule has 0 aliphatic heterocycles. The summed E-state index contributed by atoms with van der Waals surface area (Å²) in [5.41, 5.74) is 0.975. The third-order valence-electron chi connectivity index (χ3n) is 4.07. The fourth-order valence-corrected chi connectivity index (χ4v) is 2.60. The zero-order valence-corrected chi connectivity index (χ0v) is 14.6. The fraction of sp³-hybridized carbons (Fsp3) is 0.333. The van der Waals surface area contributed by atoms with Crippen LogP contribution in [0, 0.1) is 17.2 Å². The molecule has 0 radical (unpaired) electrons. The first-order valence-electron chi connectivity index (χ1n) is 8.65. The number of hydrogen-bond acceptors (Lipinski definition) is 3. The zero-order chi connectivity index (χ0) is 17.8. The van der Waals surface area contributed by atoms with Gasteiger partial charge in [0.15, 0.2) is 0 Å². The van der Waals surface area contributed by atoms with E-state index in [1.807, 2.05) is 42.5 Å². The molecule has 0 spiro atoms. The van der Waals surface area contributed by atoms with Gasteiger partial charge in [-0.2, -0.15) is 5.26 Å². The van der Waals surface area contributed by atoms with Crippen molar-refractivity contribution in [1.82, 2.24) is 5.32 Å². The maximum absolute atomic E-state index is 12.2. The number of nitriles is 1. The van der Waals surface area contributed by atoms with Crippen LogP contribution in [0.2, 0.25) is 0 Å². The topological polar surface area (TPSA) is 62.1 Å². The van der Waals surface area contributed by atoms with E-state index in [9.17, 15) is 10.1 Å². The molecular weight excluding hydrogens is 312 g/mol. The van der Waals surface area contributed by atoms with Crippen LogP contribution in [-0.4, -0.2) is 18.6 Å². The summed E-state index contributed by atoms with van der Waals surface area (Å²) in [4.78, 5) is 12.2. The second kappa shape index (κ2) is 7.40. The van der Waals surface area contributed by atoms with Crippen LogP contribution in [0.5, 0.6) is 5.75 Å². The monoisotopic (exact) mass is 334 g/mol. The molecule has 0 unspecified atom stereocenters. The first-order valence-corrected chi connectivity index (χ1v) is 8.65. The van der Waals surface area contributed by atoms with Gasteiger partial charge in [0, 0.05) is 11.4 Å². The Balaban J connectivity index is 1.96. The van der Waals surface area contributed by atoms with Gasteiger partial charge >= 0.3 is 0 Å². The number of ether oxygens (including phenoxy) is 1. The predicted molar refractivity (Wildman–Crippen MR) is 99.0 cm³/mol. The van der Waals surface area contributed by atoms with Crippen molar-refractivity contribution in [3.8, 4) is 11.8 Å². The van der Waals surface area contributed by atoms with Gasteiger partial charge in [-0.3, -0.25) is 4.79 Å². The van der Waals surface area contributed by atoms with Crippen molar-refractivity contribution >= 4 is 22.8 Å². The summed E-state index contributed by atoms with van der Waals surface area (Å²) < 4.78 is 5.91. The Bertz CT molecular complexity index is 858. The predicted octanol–water partition coefficient (Wildman–Crippen LogP) is 4.06. The molecule has 1 aliphatic carbocycles. The molecule has 1 N–H and O–H groups in total. The molecule has 4 nitrogen and oxygen atoms in total. The molecule has 0 bridgehead atoms. The highest BCUT2D eigenvalue weighted by molar-refractivity contribution is 6.05. The van der Waals surface area contributed by atoms with E-state index in [0.717, 1.165) is 34.9 Å². The summed E-state index contributed by atoms with van der Waals surface area (Å²) in [6, 6.07) is 13.9. The van der Waals surface area contributed by atoms with Crippen molar-refractivity contribution in [2.75, 3.05) is 6.61 Å². The van der Waals surface area contributed by atoms with Crippen molar-refractivity contribution in [2.24, 2.45) is 5.92 Å². The second-order valence-electron chi connectivity index (χ2n) is 6.82. The lowest BCUT2D eigenvalue weighted by Crippen LogP contribution is -2.26. The maximum Gasteiger partial charge on any atom is 0.262 e. The van der Waals surface area contributed by atoms with E-state index in [2.05, 4.69) is 19.2 Å². The quantitative estimate of drug-likeness (QED) is 0.640. The molecule has 0 heterocycles. The molecule has 2 aromatic carbocycles. The molecule has 2 aromatic rings. The molecule has 1 amide bonds. The lowest BCUT2D eigenvalue weighted by molar-refractivity contribution is -0.117. The zero-order valence-electron chi connectivity index (χ0n) is 14.6. The van der Waals surface area contributed by atoms with Crippen LogP contribution >= 0.6 is 0 Å². The number of nitrogens with zero attached hydrogens (tertiary/aromatic N) is 1. The Labute approximate surface area is 148 Å². The molecule has 1 fully saturated rings. The fourth-order valence-electron chi connectivity index (χ4n) is 2.60. The molecule has 1 saturated carbocycles. The van der Waals surface area contributed by atoms with E-state index in [1.165, 1.54) is 0 Å². The molecule has 0 saturated heterocycles. The third-order valence-corrected chi connectivity index (χ3v) is 4.07. The molecular formula is C21H22N2O2. The summed E-state index contributed by atoms with van der Waals surface area (Å²) in [7, 11) is 0. The van der Waals surface area contributed by atoms with Crippen LogP contribution in [0.15, 0.2) is 42.0 Å². The third kappa shape index (κ3) is 4.19. The minimum atomic E-state index is -0.297. The highest BCUT2D eigenvalue weighted by Crippen LogP contribution is 2.30. The Morgan fingerprint density at radius 3 is 2.64 bits per heavy atom. The number of hydrogen-bond donors (Lipinski definition) is 1. The number of fused-ring (bicyclic) bond motifs is 1. The van der Waals surface area contributed by atoms with Crippen molar-refractivity contribution in [3.05, 3.63) is 47.5 Å². The van der Waals surface area contributed by atoms with Crippen LogP contribution in [0.1, 0.15) is 32.3 Å². The molecule has 1 aliphatic rings. The smallest absolute Gasteiger partial charge is 0.262 e. The molecule has 128 valence electrons. The average molecular weight is 334 g/mol. The number of benzene rings is 2. The minimum absolute atomic E-state index is 0.132. The van der Waals surface area contributed by atoms with E-state index in [-0.39, 0.29) is 17.5 Å². The summed E-state index contributed by atoms with van der Waals surface area (Å²) in [5, 5.41) is 14.2. The number of amides is 1. The van der Waals surface area contributed by atoms with Gasteiger partial charge < -0.3 is 10.1 Å². The van der Waals surface area contributed by atoms with E-state index in [1.54, 1.807) is 6.08 Å². The number of carbonyl (C=O) groups excluding carboxylic acids is 1. The van der Waals surface area contributed by atoms with Gasteiger partial charge in [0.2, 0.25) is 0 Å². The number of carbonyl (C=O) groups is 1. The normalized spacial score (nSPS) is 14.4. The van der Waals surface area contributed by atoms with Crippen LogP contribution in [0.3, 0.4) is 0 Å². The standard InChI is InChI=1S/C21H22N2O2/c1-14(2)13-25-20-10-7-15(18-5-3-4-6-19(18)20)11-16(12-22)21(24)23-17-8-9-17/h3-7,10-11,14,17H,8-9,13H2,1-2H3,(H,23,24)/b16-11+. The lowest BCUT2D eigenvalue weighted by atomic mass is 10.0. The van der Waals surface area contributed by atoms with Gasteiger partial charge in [-0.15, -0.1) is 0 Å². The van der Waals surface area contributed by atoms with E-state index < -0.39 is 0 Å². The molecule has 4 heteroatoms. The Morgan fingerprint density at radius 2 is 2.00 bits per heavy atom. The van der Waals surface area contributed by atoms with E-state index in [4.69, 9.17) is 4.74 Å². The maximum atomic E-state index is 12.2. The first-order chi connectivity index (χ1) is 12.1. The van der Waals surface area contributed by atoms with Gasteiger partial charge in [-0.05, 0) is 41.9 Å². The van der Waals surface area contributed by atoms with Crippen LogP contribution in [0.4, 0.5) is 0 Å². The summed E-state index contributed by atoms with van der Waals surface area (Å²) >= 11 is 0. The van der Waals surface area contributed by atoms with Gasteiger partial charge in [0.25, 0.3) is 5.91 Å². The summed E-state index contributed by atoms with van der Waals surface area (Å²) in [6.07, 6.45) is 3.65. The van der Waals surface area contributed by atoms with Crippen LogP contribution in [0.25, 0.3) is 16.8 Å². The SMILES string of the molecule is CC(C)COc1ccc(/C=C(\C#N)C(=O)NC2CC2)c2ccccc12. The molecule has 25 heavy (non-hydrogen) atoms. The van der Waals surface area contributed by atoms with Crippen LogP contribution in [-0.2, 0) is 4.79 Å². The number of nitrogens with one attached hydrogen (secondary N) is 1. The highest BCUT2D eigenvalue weighted by atomic mass is 16.5. The minimum Gasteiger partial charge on any atom is -0.493 e. The van der Waals surface area contributed by atoms with Crippen molar-refractivity contribution in [1.29, 1.82) is 5.26 Å². The van der Waals surface area contributed by atoms with E-state index in [0.29, 0.717) is 12.5 Å². The van der Waals surface area contributed by atoms with Crippen molar-refractivity contribution in [2.45, 2.75) is 32.7 Å². The average Bonchev–Trinajstić information content (AvgIpc) is 3.42. The lowest BCUT2D eigenvalue weighted by Gasteiger charge is -2.13. The highest BCUT2D eigenvalue weighted by Gasteiger charge is 2.24. The largest absolute Gasteiger partial charge is 0.493 e. The molecule has 0 atom stereocenters. The Hall–Kier alpha value is -2.80. The van der Waals surface area contributed by atoms with Gasteiger partial charge in [0.05, 0.1) is 6.61 Å². The molecule has 0 aromatic heterocycles. The van der Waals surface area contributed by atoms with E-state index >= 15 is 0 Å². The van der Waals surface area contributed by atoms with Gasteiger partial charge in [-0.25, -0.2) is 0 Å². The summed E-state index contributed by atoms with van der Waals surface area (Å²) in [6.45, 7) is 4.86. The Morgan fingerprint density at radius 1 is 1.28 bits per heavy atom. The Kier molecular flexibility index (Phi) is 5.04. The van der Waals surface area contributed by atoms with Gasteiger partial charge in [0.1, 0.15) is 17.4 Å². The second-order valence-corrected chi connectivity index (χ2v) is 6.82. The van der Waals surface area contributed by atoms with Crippen LogP contribution < -0.4 is 10.1 Å². The summed E-state index contributed by atoms with van der Waals surface area (Å²) in [5.74, 6) is 0.964.